The highest BCUT2D eigenvalue weighted by Gasteiger charge is 2.22. The van der Waals surface area contributed by atoms with E-state index < -0.39 is 6.10 Å². The zero-order valence-corrected chi connectivity index (χ0v) is 15.9. The number of carbonyl (C=O) groups is 1. The van der Waals surface area contributed by atoms with Gasteiger partial charge < -0.3 is 14.8 Å². The Morgan fingerprint density at radius 1 is 1.00 bits per heavy atom. The molecular weight excluding hydrogens is 338 g/mol. The van der Waals surface area contributed by atoms with Gasteiger partial charge in [-0.3, -0.25) is 4.79 Å². The first-order chi connectivity index (χ1) is 13.1. The molecule has 0 aliphatic heterocycles. The zero-order valence-electron chi connectivity index (χ0n) is 15.9. The number of para-hydroxylation sites is 1. The van der Waals surface area contributed by atoms with E-state index in [1.54, 1.807) is 7.11 Å². The average Bonchev–Trinajstić information content (AvgIpc) is 2.71. The highest BCUT2D eigenvalue weighted by atomic mass is 16.5. The number of hydrogen-bond acceptors (Lipinski definition) is 3. The van der Waals surface area contributed by atoms with Crippen molar-refractivity contribution in [3.05, 3.63) is 72.3 Å². The van der Waals surface area contributed by atoms with Crippen LogP contribution in [0.15, 0.2) is 66.7 Å². The fourth-order valence-electron chi connectivity index (χ4n) is 3.14. The van der Waals surface area contributed by atoms with Crippen LogP contribution in [-0.2, 0) is 4.79 Å². The Morgan fingerprint density at radius 2 is 1.70 bits per heavy atom. The molecular formula is C23H25NO3. The minimum atomic E-state index is -0.552. The quantitative estimate of drug-likeness (QED) is 0.650. The van der Waals surface area contributed by atoms with Gasteiger partial charge in [-0.05, 0) is 42.3 Å². The van der Waals surface area contributed by atoms with Crippen LogP contribution in [-0.4, -0.2) is 19.1 Å². The third-order valence-corrected chi connectivity index (χ3v) is 4.63. The van der Waals surface area contributed by atoms with Crippen molar-refractivity contribution in [2.24, 2.45) is 0 Å². The lowest BCUT2D eigenvalue weighted by Crippen LogP contribution is -2.39. The number of methoxy groups -OCH3 is 1. The van der Waals surface area contributed by atoms with Crippen LogP contribution in [0.25, 0.3) is 10.8 Å². The maximum absolute atomic E-state index is 12.7. The predicted octanol–water partition coefficient (Wildman–Crippen LogP) is 4.88. The number of amides is 1. The molecule has 3 aromatic rings. The standard InChI is InChI=1S/C23H25NO3/c1-4-21(27-19-14-13-17-9-5-6-10-18(17)15-19)23(25)24-16(2)20-11-7-8-12-22(20)26-3/h5-16,21H,4H2,1-3H3,(H,24,25)/t16-,21-/m1/s1. The summed E-state index contributed by atoms with van der Waals surface area (Å²) in [6, 6.07) is 21.5. The maximum Gasteiger partial charge on any atom is 0.261 e. The van der Waals surface area contributed by atoms with E-state index in [1.165, 1.54) is 0 Å². The normalized spacial score (nSPS) is 13.0. The summed E-state index contributed by atoms with van der Waals surface area (Å²) in [5.74, 6) is 1.32. The van der Waals surface area contributed by atoms with E-state index in [1.807, 2.05) is 74.5 Å². The average molecular weight is 363 g/mol. The Bertz CT molecular complexity index is 922. The zero-order chi connectivity index (χ0) is 19.2. The van der Waals surface area contributed by atoms with Crippen molar-refractivity contribution in [3.63, 3.8) is 0 Å². The van der Waals surface area contributed by atoms with Gasteiger partial charge in [0.2, 0.25) is 0 Å². The number of fused-ring (bicyclic) bond motifs is 1. The molecule has 0 aromatic heterocycles. The Balaban J connectivity index is 1.71. The maximum atomic E-state index is 12.7. The van der Waals surface area contributed by atoms with E-state index in [-0.39, 0.29) is 11.9 Å². The Labute approximate surface area is 160 Å². The summed E-state index contributed by atoms with van der Waals surface area (Å²) in [6.45, 7) is 3.89. The second-order valence-corrected chi connectivity index (χ2v) is 6.50. The van der Waals surface area contributed by atoms with Gasteiger partial charge in [-0.1, -0.05) is 55.5 Å². The second-order valence-electron chi connectivity index (χ2n) is 6.50. The van der Waals surface area contributed by atoms with Gasteiger partial charge in [0, 0.05) is 5.56 Å². The number of benzene rings is 3. The summed E-state index contributed by atoms with van der Waals surface area (Å²) in [5.41, 5.74) is 0.939. The highest BCUT2D eigenvalue weighted by molar-refractivity contribution is 5.84. The topological polar surface area (TPSA) is 47.6 Å². The molecule has 4 nitrogen and oxygen atoms in total. The van der Waals surface area contributed by atoms with Crippen molar-refractivity contribution in [2.45, 2.75) is 32.4 Å². The number of carbonyl (C=O) groups excluding carboxylic acids is 1. The summed E-state index contributed by atoms with van der Waals surface area (Å²) in [6.07, 6.45) is 0.0282. The first kappa shape index (κ1) is 18.8. The van der Waals surface area contributed by atoms with Crippen LogP contribution in [0.4, 0.5) is 0 Å². The number of ether oxygens (including phenoxy) is 2. The van der Waals surface area contributed by atoms with Crippen molar-refractivity contribution in [1.82, 2.24) is 5.32 Å². The van der Waals surface area contributed by atoms with Crippen molar-refractivity contribution in [1.29, 1.82) is 0 Å². The fraction of sp³-hybridized carbons (Fsp3) is 0.261. The van der Waals surface area contributed by atoms with Crippen LogP contribution in [0.1, 0.15) is 31.9 Å². The molecule has 3 rings (SSSR count). The van der Waals surface area contributed by atoms with Crippen LogP contribution in [0, 0.1) is 0 Å². The first-order valence-corrected chi connectivity index (χ1v) is 9.21. The van der Waals surface area contributed by atoms with E-state index in [2.05, 4.69) is 11.4 Å². The molecule has 0 fully saturated rings. The molecule has 4 heteroatoms. The summed E-state index contributed by atoms with van der Waals surface area (Å²) in [5, 5.41) is 5.27. The molecule has 0 aliphatic carbocycles. The molecule has 0 spiro atoms. The number of rotatable bonds is 7. The minimum absolute atomic E-state index is 0.135. The van der Waals surface area contributed by atoms with Crippen molar-refractivity contribution >= 4 is 16.7 Å². The molecule has 0 saturated carbocycles. The molecule has 3 aromatic carbocycles. The van der Waals surface area contributed by atoms with Gasteiger partial charge in [-0.2, -0.15) is 0 Å². The van der Waals surface area contributed by atoms with Crippen LogP contribution in [0.3, 0.4) is 0 Å². The van der Waals surface area contributed by atoms with Gasteiger partial charge >= 0.3 is 0 Å². The van der Waals surface area contributed by atoms with Gasteiger partial charge in [0.15, 0.2) is 6.10 Å². The molecule has 1 amide bonds. The third-order valence-electron chi connectivity index (χ3n) is 4.63. The lowest BCUT2D eigenvalue weighted by atomic mass is 10.1. The van der Waals surface area contributed by atoms with Gasteiger partial charge in [0.05, 0.1) is 13.2 Å². The van der Waals surface area contributed by atoms with E-state index in [4.69, 9.17) is 9.47 Å². The van der Waals surface area contributed by atoms with Gasteiger partial charge in [-0.15, -0.1) is 0 Å². The molecule has 2 atom stereocenters. The van der Waals surface area contributed by atoms with E-state index in [9.17, 15) is 4.79 Å². The monoisotopic (exact) mass is 363 g/mol. The lowest BCUT2D eigenvalue weighted by Gasteiger charge is -2.22. The lowest BCUT2D eigenvalue weighted by molar-refractivity contribution is -0.128. The fourth-order valence-corrected chi connectivity index (χ4v) is 3.14. The minimum Gasteiger partial charge on any atom is -0.496 e. The molecule has 0 heterocycles. The van der Waals surface area contributed by atoms with Gasteiger partial charge in [-0.25, -0.2) is 0 Å². The Morgan fingerprint density at radius 3 is 2.44 bits per heavy atom. The van der Waals surface area contributed by atoms with Crippen molar-refractivity contribution in [3.8, 4) is 11.5 Å². The Kier molecular flexibility index (Phi) is 5.97. The van der Waals surface area contributed by atoms with E-state index >= 15 is 0 Å². The predicted molar refractivity (Wildman–Crippen MR) is 108 cm³/mol. The highest BCUT2D eigenvalue weighted by Crippen LogP contribution is 2.25. The van der Waals surface area contributed by atoms with Crippen LogP contribution >= 0.6 is 0 Å². The first-order valence-electron chi connectivity index (χ1n) is 9.21. The molecule has 0 aliphatic rings. The largest absolute Gasteiger partial charge is 0.496 e. The van der Waals surface area contributed by atoms with Crippen LogP contribution < -0.4 is 14.8 Å². The molecule has 0 unspecified atom stereocenters. The van der Waals surface area contributed by atoms with E-state index in [0.29, 0.717) is 12.2 Å². The van der Waals surface area contributed by atoms with Crippen molar-refractivity contribution in [2.75, 3.05) is 7.11 Å². The molecule has 0 bridgehead atoms. The van der Waals surface area contributed by atoms with Gasteiger partial charge in [0.25, 0.3) is 5.91 Å². The summed E-state index contributed by atoms with van der Waals surface area (Å²) < 4.78 is 11.4. The number of nitrogens with one attached hydrogen (secondary N) is 1. The summed E-state index contributed by atoms with van der Waals surface area (Å²) in [4.78, 5) is 12.7. The van der Waals surface area contributed by atoms with Crippen LogP contribution in [0.2, 0.25) is 0 Å². The second kappa shape index (κ2) is 8.58. The molecule has 1 N–H and O–H groups in total. The number of hydrogen-bond donors (Lipinski definition) is 1. The van der Waals surface area contributed by atoms with Crippen LogP contribution in [0.5, 0.6) is 11.5 Å². The summed E-state index contributed by atoms with van der Waals surface area (Å²) in [7, 11) is 1.63. The molecule has 0 radical (unpaired) electrons. The smallest absolute Gasteiger partial charge is 0.261 e. The Hall–Kier alpha value is -3.01. The molecule has 0 saturated heterocycles. The molecule has 27 heavy (non-hydrogen) atoms. The SMILES string of the molecule is CC[C@@H](Oc1ccc2ccccc2c1)C(=O)N[C@H](C)c1ccccc1OC. The molecule has 140 valence electrons. The van der Waals surface area contributed by atoms with Crippen molar-refractivity contribution < 1.29 is 14.3 Å². The van der Waals surface area contributed by atoms with E-state index in [0.717, 1.165) is 22.1 Å². The summed E-state index contributed by atoms with van der Waals surface area (Å²) >= 11 is 0. The van der Waals surface area contributed by atoms with Gasteiger partial charge in [0.1, 0.15) is 11.5 Å². The third kappa shape index (κ3) is 4.40.